The van der Waals surface area contributed by atoms with Crippen molar-refractivity contribution in [2.75, 3.05) is 40.9 Å². The van der Waals surface area contributed by atoms with E-state index in [2.05, 4.69) is 4.90 Å². The Balaban J connectivity index is 1.82. The van der Waals surface area contributed by atoms with Gasteiger partial charge in [-0.3, -0.25) is 4.79 Å². The minimum absolute atomic E-state index is 0.281. The lowest BCUT2D eigenvalue weighted by molar-refractivity contribution is -0.132. The van der Waals surface area contributed by atoms with Crippen molar-refractivity contribution in [3.05, 3.63) is 23.8 Å². The van der Waals surface area contributed by atoms with Gasteiger partial charge in [0, 0.05) is 32.6 Å². The normalized spacial score (nSPS) is 14.9. The quantitative estimate of drug-likeness (QED) is 0.774. The summed E-state index contributed by atoms with van der Waals surface area (Å²) in [6, 6.07) is 5.94. The van der Waals surface area contributed by atoms with Crippen LogP contribution in [0.2, 0.25) is 0 Å². The monoisotopic (exact) mass is 320 g/mol. The van der Waals surface area contributed by atoms with Crippen LogP contribution in [0, 0.1) is 0 Å². The summed E-state index contributed by atoms with van der Waals surface area (Å²) in [5.41, 5.74) is 1.15. The number of methoxy groups -OCH3 is 2. The van der Waals surface area contributed by atoms with E-state index in [1.54, 1.807) is 14.2 Å². The second-order valence-corrected chi connectivity index (χ2v) is 6.12. The van der Waals surface area contributed by atoms with Crippen LogP contribution in [0.3, 0.4) is 0 Å². The van der Waals surface area contributed by atoms with Gasteiger partial charge < -0.3 is 19.3 Å². The first-order valence-electron chi connectivity index (χ1n) is 8.31. The molecule has 0 spiro atoms. The van der Waals surface area contributed by atoms with E-state index in [4.69, 9.17) is 9.47 Å². The van der Waals surface area contributed by atoms with Crippen molar-refractivity contribution in [1.29, 1.82) is 0 Å². The van der Waals surface area contributed by atoms with E-state index in [1.807, 2.05) is 30.1 Å². The highest BCUT2D eigenvalue weighted by atomic mass is 16.5. The van der Waals surface area contributed by atoms with Gasteiger partial charge in [-0.1, -0.05) is 6.07 Å². The maximum atomic E-state index is 12.2. The van der Waals surface area contributed by atoms with Crippen molar-refractivity contribution < 1.29 is 14.3 Å². The standard InChI is InChI=1S/C18H28N2O3/c1-19(12-9-18(21)20-10-5-4-6-11-20)14-15-7-8-16(22-2)17(13-15)23-3/h7-8,13H,4-6,9-12,14H2,1-3H3. The zero-order valence-electron chi connectivity index (χ0n) is 14.5. The molecule has 0 unspecified atom stereocenters. The average molecular weight is 320 g/mol. The first kappa shape index (κ1) is 17.6. The molecule has 1 aromatic rings. The molecule has 0 radical (unpaired) electrons. The van der Waals surface area contributed by atoms with Crippen LogP contribution in [0.15, 0.2) is 18.2 Å². The van der Waals surface area contributed by atoms with Gasteiger partial charge >= 0.3 is 0 Å². The number of hydrogen-bond acceptors (Lipinski definition) is 4. The van der Waals surface area contributed by atoms with E-state index in [0.717, 1.165) is 56.1 Å². The van der Waals surface area contributed by atoms with Gasteiger partial charge in [0.2, 0.25) is 5.91 Å². The zero-order valence-corrected chi connectivity index (χ0v) is 14.5. The van der Waals surface area contributed by atoms with Crippen LogP contribution in [0.5, 0.6) is 11.5 Å². The van der Waals surface area contributed by atoms with Crippen LogP contribution < -0.4 is 9.47 Å². The Morgan fingerprint density at radius 1 is 1.13 bits per heavy atom. The highest BCUT2D eigenvalue weighted by molar-refractivity contribution is 5.76. The highest BCUT2D eigenvalue weighted by Gasteiger charge is 2.16. The predicted molar refractivity (Wildman–Crippen MR) is 90.9 cm³/mol. The Kier molecular flexibility index (Phi) is 6.71. The fourth-order valence-electron chi connectivity index (χ4n) is 2.96. The Hall–Kier alpha value is -1.75. The molecule has 1 amide bonds. The van der Waals surface area contributed by atoms with Gasteiger partial charge in [-0.25, -0.2) is 0 Å². The molecule has 1 aliphatic rings. The molecule has 1 aromatic carbocycles. The minimum atomic E-state index is 0.281. The van der Waals surface area contributed by atoms with Crippen molar-refractivity contribution in [1.82, 2.24) is 9.80 Å². The Labute approximate surface area is 139 Å². The Bertz CT molecular complexity index is 513. The maximum Gasteiger partial charge on any atom is 0.223 e. The van der Waals surface area contributed by atoms with Crippen LogP contribution in [0.4, 0.5) is 0 Å². The molecule has 23 heavy (non-hydrogen) atoms. The predicted octanol–water partition coefficient (Wildman–Crippen LogP) is 2.54. The number of ether oxygens (including phenoxy) is 2. The Morgan fingerprint density at radius 2 is 1.83 bits per heavy atom. The number of likely N-dealkylation sites (tertiary alicyclic amines) is 1. The molecule has 0 aliphatic carbocycles. The third kappa shape index (κ3) is 5.13. The smallest absolute Gasteiger partial charge is 0.223 e. The molecule has 1 saturated heterocycles. The molecule has 0 bridgehead atoms. The molecule has 2 rings (SSSR count). The lowest BCUT2D eigenvalue weighted by Crippen LogP contribution is -2.37. The fourth-order valence-corrected chi connectivity index (χ4v) is 2.96. The SMILES string of the molecule is COc1ccc(CN(C)CCC(=O)N2CCCCC2)cc1OC. The van der Waals surface area contributed by atoms with Gasteiger partial charge in [0.05, 0.1) is 14.2 Å². The van der Waals surface area contributed by atoms with Crippen molar-refractivity contribution in [3.63, 3.8) is 0 Å². The van der Waals surface area contributed by atoms with Crippen molar-refractivity contribution in [3.8, 4) is 11.5 Å². The third-order valence-corrected chi connectivity index (χ3v) is 4.32. The molecule has 0 saturated carbocycles. The zero-order chi connectivity index (χ0) is 16.7. The van der Waals surface area contributed by atoms with E-state index < -0.39 is 0 Å². The molecule has 1 fully saturated rings. The van der Waals surface area contributed by atoms with Gasteiger partial charge in [-0.15, -0.1) is 0 Å². The van der Waals surface area contributed by atoms with Crippen molar-refractivity contribution >= 4 is 5.91 Å². The van der Waals surface area contributed by atoms with Crippen molar-refractivity contribution in [2.45, 2.75) is 32.2 Å². The van der Waals surface area contributed by atoms with E-state index in [1.165, 1.54) is 6.42 Å². The summed E-state index contributed by atoms with van der Waals surface area (Å²) in [4.78, 5) is 16.4. The summed E-state index contributed by atoms with van der Waals surface area (Å²) in [5, 5.41) is 0. The van der Waals surface area contributed by atoms with Crippen molar-refractivity contribution in [2.24, 2.45) is 0 Å². The number of carbonyl (C=O) groups excluding carboxylic acids is 1. The van der Waals surface area contributed by atoms with Gasteiger partial charge in [0.1, 0.15) is 0 Å². The lowest BCUT2D eigenvalue weighted by atomic mass is 10.1. The summed E-state index contributed by atoms with van der Waals surface area (Å²) < 4.78 is 10.6. The number of nitrogens with zero attached hydrogens (tertiary/aromatic N) is 2. The lowest BCUT2D eigenvalue weighted by Gasteiger charge is -2.27. The van der Waals surface area contributed by atoms with Crippen LogP contribution >= 0.6 is 0 Å². The summed E-state index contributed by atoms with van der Waals surface area (Å²) in [6.07, 6.45) is 4.13. The fraction of sp³-hybridized carbons (Fsp3) is 0.611. The summed E-state index contributed by atoms with van der Waals surface area (Å²) in [6.45, 7) is 3.41. The molecular weight excluding hydrogens is 292 g/mol. The second kappa shape index (κ2) is 8.77. The first-order valence-corrected chi connectivity index (χ1v) is 8.31. The van der Waals surface area contributed by atoms with E-state index in [9.17, 15) is 4.79 Å². The molecule has 5 nitrogen and oxygen atoms in total. The molecular formula is C18H28N2O3. The van der Waals surface area contributed by atoms with Crippen LogP contribution in [-0.4, -0.2) is 56.6 Å². The molecule has 1 aliphatic heterocycles. The maximum absolute atomic E-state index is 12.2. The summed E-state index contributed by atoms with van der Waals surface area (Å²) in [5.74, 6) is 1.76. The van der Waals surface area contributed by atoms with E-state index in [-0.39, 0.29) is 5.91 Å². The topological polar surface area (TPSA) is 42.0 Å². The van der Waals surface area contributed by atoms with E-state index in [0.29, 0.717) is 6.42 Å². The number of hydrogen-bond donors (Lipinski definition) is 0. The average Bonchev–Trinajstić information content (AvgIpc) is 2.60. The molecule has 1 heterocycles. The van der Waals surface area contributed by atoms with Crippen LogP contribution in [-0.2, 0) is 11.3 Å². The molecule has 128 valence electrons. The minimum Gasteiger partial charge on any atom is -0.493 e. The molecule has 5 heteroatoms. The Morgan fingerprint density at radius 3 is 2.48 bits per heavy atom. The van der Waals surface area contributed by atoms with Gasteiger partial charge in [0.25, 0.3) is 0 Å². The largest absolute Gasteiger partial charge is 0.493 e. The third-order valence-electron chi connectivity index (χ3n) is 4.32. The number of carbonyl (C=O) groups is 1. The molecule has 0 N–H and O–H groups in total. The van der Waals surface area contributed by atoms with Gasteiger partial charge in [-0.05, 0) is 44.0 Å². The summed E-state index contributed by atoms with van der Waals surface area (Å²) in [7, 11) is 5.32. The molecule has 0 aromatic heterocycles. The van der Waals surface area contributed by atoms with Gasteiger partial charge in [0.15, 0.2) is 11.5 Å². The van der Waals surface area contributed by atoms with E-state index >= 15 is 0 Å². The van der Waals surface area contributed by atoms with Crippen LogP contribution in [0.25, 0.3) is 0 Å². The highest BCUT2D eigenvalue weighted by Crippen LogP contribution is 2.27. The molecule has 0 atom stereocenters. The van der Waals surface area contributed by atoms with Crippen LogP contribution in [0.1, 0.15) is 31.2 Å². The number of rotatable bonds is 7. The number of piperidine rings is 1. The first-order chi connectivity index (χ1) is 11.1. The van der Waals surface area contributed by atoms with Gasteiger partial charge in [-0.2, -0.15) is 0 Å². The number of amides is 1. The summed E-state index contributed by atoms with van der Waals surface area (Å²) >= 11 is 0. The second-order valence-electron chi connectivity index (χ2n) is 6.12. The number of benzene rings is 1.